The van der Waals surface area contributed by atoms with Crippen LogP contribution in [0.1, 0.15) is 47.4 Å². The molecule has 0 spiro atoms. The highest BCUT2D eigenvalue weighted by atomic mass is 16.1. The van der Waals surface area contributed by atoms with Crippen molar-refractivity contribution in [2.75, 3.05) is 0 Å². The van der Waals surface area contributed by atoms with Gasteiger partial charge in [-0.05, 0) is 36.8 Å². The lowest BCUT2D eigenvalue weighted by Crippen LogP contribution is -2.16. The number of aromatic nitrogens is 1. The molecule has 0 bridgehead atoms. The largest absolute Gasteiger partial charge is 0.364 e. The summed E-state index contributed by atoms with van der Waals surface area (Å²) < 4.78 is 0. The Morgan fingerprint density at radius 2 is 2.29 bits per heavy atom. The summed E-state index contributed by atoms with van der Waals surface area (Å²) >= 11 is 0. The maximum Gasteiger partial charge on any atom is 0.267 e. The van der Waals surface area contributed by atoms with Crippen molar-refractivity contribution in [3.05, 3.63) is 29.1 Å². The van der Waals surface area contributed by atoms with Crippen LogP contribution in [0.25, 0.3) is 0 Å². The Hall–Kier alpha value is -1.38. The van der Waals surface area contributed by atoms with Crippen LogP contribution >= 0.6 is 0 Å². The molecule has 1 heterocycles. The van der Waals surface area contributed by atoms with Gasteiger partial charge in [-0.3, -0.25) is 4.79 Å². The van der Waals surface area contributed by atoms with Gasteiger partial charge in [0.15, 0.2) is 0 Å². The predicted molar refractivity (Wildman–Crippen MR) is 54.1 cm³/mol. The monoisotopic (exact) mass is 190 g/mol. The lowest BCUT2D eigenvalue weighted by atomic mass is 10.1. The highest BCUT2D eigenvalue weighted by Gasteiger charge is 2.28. The normalized spacial score (nSPS) is 15.5. The van der Waals surface area contributed by atoms with Crippen LogP contribution in [0.4, 0.5) is 0 Å². The van der Waals surface area contributed by atoms with E-state index in [1.165, 1.54) is 0 Å². The molecule has 1 amide bonds. The highest BCUT2D eigenvalue weighted by molar-refractivity contribution is 5.92. The van der Waals surface area contributed by atoms with Crippen molar-refractivity contribution >= 4 is 5.91 Å². The summed E-state index contributed by atoms with van der Waals surface area (Å²) in [5, 5.41) is 0. The molecule has 0 aromatic carbocycles. The Bertz CT molecular complexity index is 370. The number of hydrogen-bond donors (Lipinski definition) is 1. The van der Waals surface area contributed by atoms with Gasteiger partial charge in [0.25, 0.3) is 5.91 Å². The fraction of sp³-hybridized carbons (Fsp3) is 0.455. The third kappa shape index (κ3) is 1.62. The van der Waals surface area contributed by atoms with E-state index in [0.29, 0.717) is 11.6 Å². The first-order valence-electron chi connectivity index (χ1n) is 5.02. The van der Waals surface area contributed by atoms with Gasteiger partial charge in [-0.2, -0.15) is 0 Å². The lowest BCUT2D eigenvalue weighted by Gasteiger charge is -2.05. The van der Waals surface area contributed by atoms with Gasteiger partial charge in [0.2, 0.25) is 0 Å². The van der Waals surface area contributed by atoms with E-state index in [4.69, 9.17) is 5.73 Å². The van der Waals surface area contributed by atoms with Crippen LogP contribution in [-0.4, -0.2) is 10.9 Å². The molecule has 1 aliphatic carbocycles. The van der Waals surface area contributed by atoms with Gasteiger partial charge in [-0.15, -0.1) is 0 Å². The minimum absolute atomic E-state index is 0.401. The van der Waals surface area contributed by atoms with E-state index in [1.807, 2.05) is 19.1 Å². The van der Waals surface area contributed by atoms with Crippen LogP contribution in [0, 0.1) is 0 Å². The number of carbonyl (C=O) groups excluding carboxylic acids is 1. The van der Waals surface area contributed by atoms with Crippen LogP contribution in [0.2, 0.25) is 0 Å². The molecule has 3 heteroatoms. The summed E-state index contributed by atoms with van der Waals surface area (Å²) in [5.41, 5.74) is 7.75. The number of pyridine rings is 1. The van der Waals surface area contributed by atoms with Crippen LogP contribution in [-0.2, 0) is 6.42 Å². The summed E-state index contributed by atoms with van der Waals surface area (Å²) in [6.45, 7) is 2.02. The molecule has 2 rings (SSSR count). The van der Waals surface area contributed by atoms with E-state index in [2.05, 4.69) is 4.98 Å². The second kappa shape index (κ2) is 3.40. The molecule has 0 unspecified atom stereocenters. The zero-order valence-corrected chi connectivity index (χ0v) is 8.29. The zero-order valence-electron chi connectivity index (χ0n) is 8.29. The number of primary amides is 1. The minimum Gasteiger partial charge on any atom is -0.364 e. The third-order valence-corrected chi connectivity index (χ3v) is 2.60. The van der Waals surface area contributed by atoms with Crippen molar-refractivity contribution in [2.24, 2.45) is 5.73 Å². The Kier molecular flexibility index (Phi) is 2.23. The standard InChI is InChI=1S/C11H14N2O/c1-2-8-5-6-9(7-3-4-7)10(13-8)11(12)14/h5-7H,2-4H2,1H3,(H2,12,14). The zero-order chi connectivity index (χ0) is 10.1. The summed E-state index contributed by atoms with van der Waals surface area (Å²) in [4.78, 5) is 15.5. The quantitative estimate of drug-likeness (QED) is 0.787. The first kappa shape index (κ1) is 9.19. The molecule has 3 nitrogen and oxygen atoms in total. The Balaban J connectivity index is 2.43. The van der Waals surface area contributed by atoms with Crippen molar-refractivity contribution in [2.45, 2.75) is 32.1 Å². The molecular weight excluding hydrogens is 176 g/mol. The van der Waals surface area contributed by atoms with Gasteiger partial charge >= 0.3 is 0 Å². The molecule has 0 saturated heterocycles. The number of hydrogen-bond acceptors (Lipinski definition) is 2. The molecular formula is C11H14N2O. The predicted octanol–water partition coefficient (Wildman–Crippen LogP) is 1.62. The average molecular weight is 190 g/mol. The van der Waals surface area contributed by atoms with Crippen LogP contribution < -0.4 is 5.73 Å². The summed E-state index contributed by atoms with van der Waals surface area (Å²) in [6, 6.07) is 3.99. The number of nitrogens with zero attached hydrogens (tertiary/aromatic N) is 1. The molecule has 1 saturated carbocycles. The fourth-order valence-electron chi connectivity index (χ4n) is 1.63. The molecule has 0 atom stereocenters. The molecule has 1 fully saturated rings. The van der Waals surface area contributed by atoms with Crippen molar-refractivity contribution < 1.29 is 4.79 Å². The summed E-state index contributed by atoms with van der Waals surface area (Å²) in [7, 11) is 0. The van der Waals surface area contributed by atoms with Crippen molar-refractivity contribution in [1.82, 2.24) is 4.98 Å². The van der Waals surface area contributed by atoms with E-state index in [1.54, 1.807) is 0 Å². The first-order chi connectivity index (χ1) is 6.72. The molecule has 1 aromatic heterocycles. The Morgan fingerprint density at radius 3 is 2.79 bits per heavy atom. The first-order valence-corrected chi connectivity index (χ1v) is 5.02. The number of rotatable bonds is 3. The number of amides is 1. The maximum atomic E-state index is 11.2. The number of nitrogens with two attached hydrogens (primary N) is 1. The van der Waals surface area contributed by atoms with E-state index in [9.17, 15) is 4.79 Å². The highest BCUT2D eigenvalue weighted by Crippen LogP contribution is 2.41. The molecule has 1 aromatic rings. The Labute approximate surface area is 83.3 Å². The van der Waals surface area contributed by atoms with Gasteiger partial charge in [0.1, 0.15) is 5.69 Å². The van der Waals surface area contributed by atoms with Gasteiger partial charge in [-0.1, -0.05) is 13.0 Å². The van der Waals surface area contributed by atoms with Crippen molar-refractivity contribution in [3.8, 4) is 0 Å². The SMILES string of the molecule is CCc1ccc(C2CC2)c(C(N)=O)n1. The van der Waals surface area contributed by atoms with Crippen molar-refractivity contribution in [1.29, 1.82) is 0 Å². The summed E-state index contributed by atoms with van der Waals surface area (Å²) in [6.07, 6.45) is 3.16. The second-order valence-electron chi connectivity index (χ2n) is 3.73. The van der Waals surface area contributed by atoms with Gasteiger partial charge in [0, 0.05) is 5.69 Å². The molecule has 1 aliphatic rings. The molecule has 0 aliphatic heterocycles. The van der Waals surface area contributed by atoms with E-state index < -0.39 is 5.91 Å². The molecule has 0 radical (unpaired) electrons. The van der Waals surface area contributed by atoms with Gasteiger partial charge in [-0.25, -0.2) is 4.98 Å². The second-order valence-corrected chi connectivity index (χ2v) is 3.73. The fourth-order valence-corrected chi connectivity index (χ4v) is 1.63. The van der Waals surface area contributed by atoms with E-state index in [-0.39, 0.29) is 0 Å². The minimum atomic E-state index is -0.401. The van der Waals surface area contributed by atoms with Crippen LogP contribution in [0.15, 0.2) is 12.1 Å². The smallest absolute Gasteiger partial charge is 0.267 e. The Morgan fingerprint density at radius 1 is 1.57 bits per heavy atom. The van der Waals surface area contributed by atoms with Gasteiger partial charge < -0.3 is 5.73 Å². The van der Waals surface area contributed by atoms with Gasteiger partial charge in [0.05, 0.1) is 0 Å². The number of carbonyl (C=O) groups is 1. The molecule has 2 N–H and O–H groups in total. The van der Waals surface area contributed by atoms with E-state index >= 15 is 0 Å². The molecule has 74 valence electrons. The van der Waals surface area contributed by atoms with Crippen LogP contribution in [0.3, 0.4) is 0 Å². The lowest BCUT2D eigenvalue weighted by molar-refractivity contribution is 0.0994. The molecule has 14 heavy (non-hydrogen) atoms. The maximum absolute atomic E-state index is 11.2. The van der Waals surface area contributed by atoms with Crippen molar-refractivity contribution in [3.63, 3.8) is 0 Å². The average Bonchev–Trinajstić information content (AvgIpc) is 3.00. The topological polar surface area (TPSA) is 56.0 Å². The number of aryl methyl sites for hydroxylation is 1. The van der Waals surface area contributed by atoms with E-state index in [0.717, 1.165) is 30.5 Å². The third-order valence-electron chi connectivity index (χ3n) is 2.60. The summed E-state index contributed by atoms with van der Waals surface area (Å²) in [5.74, 6) is 0.123. The van der Waals surface area contributed by atoms with Crippen LogP contribution in [0.5, 0.6) is 0 Å².